The van der Waals surface area contributed by atoms with E-state index in [1.165, 1.54) is 28.6 Å². The summed E-state index contributed by atoms with van der Waals surface area (Å²) in [6, 6.07) is 13.6. The lowest BCUT2D eigenvalue weighted by molar-refractivity contribution is -0.137. The van der Waals surface area contributed by atoms with Crippen molar-refractivity contribution in [2.75, 3.05) is 17.7 Å². The topological polar surface area (TPSA) is 123 Å². The molecule has 2 aromatic heterocycles. The van der Waals surface area contributed by atoms with Crippen molar-refractivity contribution in [2.45, 2.75) is 19.3 Å². The average Bonchev–Trinajstić information content (AvgIpc) is 3.25. The second-order valence-electron chi connectivity index (χ2n) is 7.51. The predicted octanol–water partition coefficient (Wildman–Crippen LogP) is 2.87. The maximum atomic E-state index is 13.0. The van der Waals surface area contributed by atoms with Crippen LogP contribution in [0, 0.1) is 0 Å². The number of nitrogens with one attached hydrogen (secondary N) is 1. The molecular weight excluding hydrogens is 453 g/mol. The van der Waals surface area contributed by atoms with Crippen LogP contribution < -0.4 is 21.9 Å². The molecular formula is C22H19F3N6O3. The Morgan fingerprint density at radius 3 is 2.56 bits per heavy atom. The molecule has 0 aliphatic rings. The van der Waals surface area contributed by atoms with E-state index in [1.807, 2.05) is 30.3 Å². The van der Waals surface area contributed by atoms with Gasteiger partial charge >= 0.3 is 11.9 Å². The molecule has 2 aromatic carbocycles. The number of anilines is 2. The standard InChI is InChI=1S/C22H19F3N6O3/c1-30(12-16-27-19(29-34-16)14-8-5-9-15(10-14)22(23,24)25)17-18(26)31(21(33)28-20(17)32)11-13-6-3-2-4-7-13/h2-10H,11-12,26H2,1H3,(H,28,32,33). The molecule has 9 nitrogen and oxygen atoms in total. The third kappa shape index (κ3) is 4.70. The van der Waals surface area contributed by atoms with Crippen LogP contribution >= 0.6 is 0 Å². The number of benzene rings is 2. The molecule has 34 heavy (non-hydrogen) atoms. The number of aromatic nitrogens is 4. The van der Waals surface area contributed by atoms with Crippen molar-refractivity contribution >= 4 is 11.5 Å². The first-order chi connectivity index (χ1) is 16.1. The van der Waals surface area contributed by atoms with Crippen LogP contribution in [-0.2, 0) is 19.3 Å². The largest absolute Gasteiger partial charge is 0.416 e. The summed E-state index contributed by atoms with van der Waals surface area (Å²) >= 11 is 0. The minimum atomic E-state index is -4.51. The Balaban J connectivity index is 1.60. The molecule has 0 saturated carbocycles. The van der Waals surface area contributed by atoms with Gasteiger partial charge in [-0.2, -0.15) is 18.2 Å². The van der Waals surface area contributed by atoms with Gasteiger partial charge in [-0.15, -0.1) is 0 Å². The molecule has 176 valence electrons. The number of rotatable bonds is 6. The molecule has 0 aliphatic carbocycles. The minimum absolute atomic E-state index is 0.00866. The van der Waals surface area contributed by atoms with Gasteiger partial charge in [0.1, 0.15) is 11.5 Å². The summed E-state index contributed by atoms with van der Waals surface area (Å²) in [5.74, 6) is -0.0577. The number of halogens is 3. The van der Waals surface area contributed by atoms with Crippen LogP contribution in [0.15, 0.2) is 68.7 Å². The van der Waals surface area contributed by atoms with E-state index in [4.69, 9.17) is 10.3 Å². The lowest BCUT2D eigenvalue weighted by Gasteiger charge is -2.20. The molecule has 2 heterocycles. The summed E-state index contributed by atoms with van der Waals surface area (Å²) < 4.78 is 45.3. The molecule has 3 N–H and O–H groups in total. The highest BCUT2D eigenvalue weighted by molar-refractivity contribution is 5.62. The van der Waals surface area contributed by atoms with Crippen molar-refractivity contribution in [1.29, 1.82) is 0 Å². The van der Waals surface area contributed by atoms with Gasteiger partial charge < -0.3 is 15.2 Å². The molecule has 12 heteroatoms. The first kappa shape index (κ1) is 22.8. The summed E-state index contributed by atoms with van der Waals surface area (Å²) in [6.45, 7) is 0.0617. The van der Waals surface area contributed by atoms with E-state index in [0.29, 0.717) is 0 Å². The summed E-state index contributed by atoms with van der Waals surface area (Å²) in [7, 11) is 1.53. The number of nitrogens with zero attached hydrogens (tertiary/aromatic N) is 4. The molecule has 0 unspecified atom stereocenters. The summed E-state index contributed by atoms with van der Waals surface area (Å²) in [5, 5.41) is 3.74. The lowest BCUT2D eigenvalue weighted by atomic mass is 10.1. The molecule has 4 rings (SSSR count). The van der Waals surface area contributed by atoms with Crippen molar-refractivity contribution in [3.8, 4) is 11.4 Å². The fourth-order valence-electron chi connectivity index (χ4n) is 3.42. The monoisotopic (exact) mass is 472 g/mol. The van der Waals surface area contributed by atoms with Crippen molar-refractivity contribution in [3.63, 3.8) is 0 Å². The van der Waals surface area contributed by atoms with Crippen LogP contribution in [0.3, 0.4) is 0 Å². The Bertz CT molecular complexity index is 1430. The quantitative estimate of drug-likeness (QED) is 0.442. The normalized spacial score (nSPS) is 11.5. The number of H-pyrrole nitrogens is 1. The van der Waals surface area contributed by atoms with Gasteiger partial charge in [0.2, 0.25) is 11.7 Å². The van der Waals surface area contributed by atoms with Crippen LogP contribution in [0.4, 0.5) is 24.7 Å². The predicted molar refractivity (Wildman–Crippen MR) is 118 cm³/mol. The number of alkyl halides is 3. The zero-order valence-electron chi connectivity index (χ0n) is 17.8. The molecule has 0 aliphatic heterocycles. The second kappa shape index (κ2) is 8.89. The third-order valence-corrected chi connectivity index (χ3v) is 5.07. The van der Waals surface area contributed by atoms with Gasteiger partial charge in [0, 0.05) is 12.6 Å². The number of hydrogen-bond acceptors (Lipinski definition) is 7. The molecule has 0 saturated heterocycles. The van der Waals surface area contributed by atoms with Crippen molar-refractivity contribution in [3.05, 3.63) is 92.5 Å². The van der Waals surface area contributed by atoms with E-state index >= 15 is 0 Å². The Morgan fingerprint density at radius 1 is 1.12 bits per heavy atom. The van der Waals surface area contributed by atoms with E-state index in [0.717, 1.165) is 17.7 Å². The van der Waals surface area contributed by atoms with Crippen molar-refractivity contribution in [1.82, 2.24) is 19.7 Å². The second-order valence-corrected chi connectivity index (χ2v) is 7.51. The number of nitrogens with two attached hydrogens (primary N) is 1. The fourth-order valence-corrected chi connectivity index (χ4v) is 3.42. The number of nitrogen functional groups attached to an aromatic ring is 1. The fraction of sp³-hybridized carbons (Fsp3) is 0.182. The highest BCUT2D eigenvalue weighted by atomic mass is 19.4. The van der Waals surface area contributed by atoms with Gasteiger partial charge in [-0.25, -0.2) is 4.79 Å². The van der Waals surface area contributed by atoms with Crippen LogP contribution in [0.1, 0.15) is 17.0 Å². The minimum Gasteiger partial charge on any atom is -0.383 e. The molecule has 4 aromatic rings. The molecule has 0 amide bonds. The van der Waals surface area contributed by atoms with Crippen molar-refractivity contribution < 1.29 is 17.7 Å². The Hall–Kier alpha value is -4.35. The van der Waals surface area contributed by atoms with Gasteiger partial charge in [-0.3, -0.25) is 14.3 Å². The highest BCUT2D eigenvalue weighted by Crippen LogP contribution is 2.31. The average molecular weight is 472 g/mol. The van der Waals surface area contributed by atoms with Gasteiger partial charge in [0.15, 0.2) is 0 Å². The van der Waals surface area contributed by atoms with E-state index < -0.39 is 23.0 Å². The number of hydrogen-bond donors (Lipinski definition) is 2. The zero-order valence-corrected chi connectivity index (χ0v) is 17.8. The summed E-state index contributed by atoms with van der Waals surface area (Å²) in [6.07, 6.45) is -4.51. The maximum absolute atomic E-state index is 13.0. The van der Waals surface area contributed by atoms with Crippen LogP contribution in [0.2, 0.25) is 0 Å². The summed E-state index contributed by atoms with van der Waals surface area (Å²) in [4.78, 5) is 32.6. The lowest BCUT2D eigenvalue weighted by Crippen LogP contribution is -2.37. The number of aromatic amines is 1. The SMILES string of the molecule is CN(Cc1nc(-c2cccc(C(F)(F)F)c2)no1)c1c(N)n(Cc2ccccc2)c(=O)[nH]c1=O. The maximum Gasteiger partial charge on any atom is 0.416 e. The van der Waals surface area contributed by atoms with Crippen LogP contribution in [-0.4, -0.2) is 26.7 Å². The van der Waals surface area contributed by atoms with E-state index in [2.05, 4.69) is 15.1 Å². The van der Waals surface area contributed by atoms with Crippen molar-refractivity contribution in [2.24, 2.45) is 0 Å². The Kier molecular flexibility index (Phi) is 5.97. The van der Waals surface area contributed by atoms with E-state index in [-0.39, 0.29) is 41.9 Å². The van der Waals surface area contributed by atoms with Crippen LogP contribution in [0.5, 0.6) is 0 Å². The molecule has 0 spiro atoms. The first-order valence-corrected chi connectivity index (χ1v) is 10.0. The Labute approximate surface area is 190 Å². The Morgan fingerprint density at radius 2 is 1.85 bits per heavy atom. The molecule has 0 atom stereocenters. The highest BCUT2D eigenvalue weighted by Gasteiger charge is 2.31. The first-order valence-electron chi connectivity index (χ1n) is 10.0. The van der Waals surface area contributed by atoms with Gasteiger partial charge in [-0.05, 0) is 17.7 Å². The summed E-state index contributed by atoms with van der Waals surface area (Å²) in [5.41, 5.74) is 4.91. The van der Waals surface area contributed by atoms with E-state index in [1.54, 1.807) is 0 Å². The zero-order chi connectivity index (χ0) is 24.5. The van der Waals surface area contributed by atoms with Gasteiger partial charge in [0.05, 0.1) is 18.7 Å². The van der Waals surface area contributed by atoms with Gasteiger partial charge in [-0.1, -0.05) is 47.6 Å². The molecule has 0 radical (unpaired) electrons. The smallest absolute Gasteiger partial charge is 0.383 e. The molecule has 0 bridgehead atoms. The van der Waals surface area contributed by atoms with Crippen LogP contribution in [0.25, 0.3) is 11.4 Å². The van der Waals surface area contributed by atoms with Gasteiger partial charge in [0.25, 0.3) is 5.56 Å². The molecule has 0 fully saturated rings. The third-order valence-electron chi connectivity index (χ3n) is 5.07. The van der Waals surface area contributed by atoms with E-state index in [9.17, 15) is 22.8 Å².